The highest BCUT2D eigenvalue weighted by molar-refractivity contribution is 7.10. The lowest BCUT2D eigenvalue weighted by molar-refractivity contribution is -0.0261. The van der Waals surface area contributed by atoms with E-state index in [1.165, 1.54) is 4.88 Å². The lowest BCUT2D eigenvalue weighted by Gasteiger charge is -2.32. The van der Waals surface area contributed by atoms with Crippen molar-refractivity contribution in [1.29, 1.82) is 0 Å². The van der Waals surface area contributed by atoms with Gasteiger partial charge >= 0.3 is 0 Å². The molecular formula is C13H22N2OS. The molecule has 1 aliphatic rings. The number of rotatable bonds is 5. The van der Waals surface area contributed by atoms with Gasteiger partial charge in [0, 0.05) is 30.6 Å². The minimum Gasteiger partial charge on any atom is -0.374 e. The Labute approximate surface area is 108 Å². The smallest absolute Gasteiger partial charge is 0.0826 e. The first-order valence-corrected chi connectivity index (χ1v) is 7.28. The quantitative estimate of drug-likeness (QED) is 0.871. The maximum absolute atomic E-state index is 5.78. The predicted molar refractivity (Wildman–Crippen MR) is 72.6 cm³/mol. The third-order valence-electron chi connectivity index (χ3n) is 3.29. The van der Waals surface area contributed by atoms with E-state index in [-0.39, 0.29) is 0 Å². The number of hydrogen-bond donors (Lipinski definition) is 1. The fourth-order valence-corrected chi connectivity index (χ4v) is 2.90. The summed E-state index contributed by atoms with van der Waals surface area (Å²) in [5, 5.41) is 5.69. The Balaban J connectivity index is 1.74. The second kappa shape index (κ2) is 6.50. The summed E-state index contributed by atoms with van der Waals surface area (Å²) in [4.78, 5) is 3.85. The molecule has 0 aromatic carbocycles. The second-order valence-electron chi connectivity index (χ2n) is 4.53. The van der Waals surface area contributed by atoms with Crippen LogP contribution >= 0.6 is 11.3 Å². The molecule has 2 rings (SSSR count). The van der Waals surface area contributed by atoms with E-state index in [1.807, 2.05) is 11.3 Å². The molecule has 0 aliphatic carbocycles. The normalized spacial score (nSPS) is 23.8. The highest BCUT2D eigenvalue weighted by atomic mass is 32.1. The SMILES string of the molecule is CCN1CCOC(CNC(C)c2cccs2)C1. The zero-order valence-corrected chi connectivity index (χ0v) is 11.5. The molecule has 2 atom stereocenters. The molecule has 0 bridgehead atoms. The number of nitrogens with zero attached hydrogens (tertiary/aromatic N) is 1. The average molecular weight is 254 g/mol. The van der Waals surface area contributed by atoms with Crippen LogP contribution in [0.5, 0.6) is 0 Å². The Morgan fingerprint density at radius 2 is 2.53 bits per heavy atom. The Morgan fingerprint density at radius 1 is 1.65 bits per heavy atom. The molecule has 96 valence electrons. The zero-order valence-electron chi connectivity index (χ0n) is 10.7. The van der Waals surface area contributed by atoms with E-state index in [0.717, 1.165) is 32.8 Å². The topological polar surface area (TPSA) is 24.5 Å². The molecule has 3 nitrogen and oxygen atoms in total. The van der Waals surface area contributed by atoms with Crippen molar-refractivity contribution >= 4 is 11.3 Å². The van der Waals surface area contributed by atoms with E-state index in [4.69, 9.17) is 4.74 Å². The molecule has 4 heteroatoms. The third kappa shape index (κ3) is 3.78. The molecule has 17 heavy (non-hydrogen) atoms. The number of ether oxygens (including phenoxy) is 1. The van der Waals surface area contributed by atoms with Crippen molar-refractivity contribution in [1.82, 2.24) is 10.2 Å². The third-order valence-corrected chi connectivity index (χ3v) is 4.35. The first-order valence-electron chi connectivity index (χ1n) is 6.40. The van der Waals surface area contributed by atoms with Gasteiger partial charge in [0.2, 0.25) is 0 Å². The van der Waals surface area contributed by atoms with Crippen molar-refractivity contribution in [3.05, 3.63) is 22.4 Å². The lowest BCUT2D eigenvalue weighted by atomic mass is 10.2. The van der Waals surface area contributed by atoms with Gasteiger partial charge in [0.1, 0.15) is 0 Å². The molecule has 1 N–H and O–H groups in total. The van der Waals surface area contributed by atoms with Crippen molar-refractivity contribution < 1.29 is 4.74 Å². The molecule has 2 heterocycles. The Hall–Kier alpha value is -0.420. The van der Waals surface area contributed by atoms with Crippen LogP contribution in [0.3, 0.4) is 0 Å². The molecule has 1 aliphatic heterocycles. The summed E-state index contributed by atoms with van der Waals surface area (Å²) >= 11 is 1.81. The minimum absolute atomic E-state index is 0.339. The van der Waals surface area contributed by atoms with Crippen LogP contribution < -0.4 is 5.32 Å². The molecular weight excluding hydrogens is 232 g/mol. The maximum Gasteiger partial charge on any atom is 0.0826 e. The molecule has 1 aromatic heterocycles. The summed E-state index contributed by atoms with van der Waals surface area (Å²) in [7, 11) is 0. The largest absolute Gasteiger partial charge is 0.374 e. The average Bonchev–Trinajstić information content (AvgIpc) is 2.90. The fraction of sp³-hybridized carbons (Fsp3) is 0.692. The van der Waals surface area contributed by atoms with Crippen LogP contribution in [0, 0.1) is 0 Å². The van der Waals surface area contributed by atoms with Gasteiger partial charge in [-0.05, 0) is 24.9 Å². The predicted octanol–water partition coefficient (Wildman–Crippen LogP) is 2.12. The summed E-state index contributed by atoms with van der Waals surface area (Å²) < 4.78 is 5.78. The van der Waals surface area contributed by atoms with Gasteiger partial charge in [0.05, 0.1) is 12.7 Å². The van der Waals surface area contributed by atoms with Crippen molar-refractivity contribution in [2.24, 2.45) is 0 Å². The number of nitrogens with one attached hydrogen (secondary N) is 1. The monoisotopic (exact) mass is 254 g/mol. The Kier molecular flexibility index (Phi) is 4.98. The summed E-state index contributed by atoms with van der Waals surface area (Å²) in [5.41, 5.74) is 0. The number of hydrogen-bond acceptors (Lipinski definition) is 4. The minimum atomic E-state index is 0.339. The van der Waals surface area contributed by atoms with Gasteiger partial charge in [-0.2, -0.15) is 0 Å². The summed E-state index contributed by atoms with van der Waals surface area (Å²) in [6, 6.07) is 4.71. The van der Waals surface area contributed by atoms with Gasteiger partial charge < -0.3 is 10.1 Å². The summed E-state index contributed by atoms with van der Waals surface area (Å²) in [6.07, 6.45) is 0.339. The Morgan fingerprint density at radius 3 is 3.24 bits per heavy atom. The van der Waals surface area contributed by atoms with Crippen LogP contribution in [0.25, 0.3) is 0 Å². The molecule has 1 aromatic rings. The van der Waals surface area contributed by atoms with Crippen LogP contribution in [0.15, 0.2) is 17.5 Å². The highest BCUT2D eigenvalue weighted by Gasteiger charge is 2.19. The van der Waals surface area contributed by atoms with E-state index in [2.05, 4.69) is 41.6 Å². The summed E-state index contributed by atoms with van der Waals surface area (Å²) in [5.74, 6) is 0. The van der Waals surface area contributed by atoms with E-state index in [0.29, 0.717) is 12.1 Å². The van der Waals surface area contributed by atoms with Crippen molar-refractivity contribution in [3.8, 4) is 0 Å². The van der Waals surface area contributed by atoms with Crippen molar-refractivity contribution in [3.63, 3.8) is 0 Å². The Bertz CT molecular complexity index is 315. The molecule has 0 radical (unpaired) electrons. The van der Waals surface area contributed by atoms with Gasteiger partial charge in [0.15, 0.2) is 0 Å². The lowest BCUT2D eigenvalue weighted by Crippen LogP contribution is -2.46. The van der Waals surface area contributed by atoms with Gasteiger partial charge in [-0.1, -0.05) is 13.0 Å². The molecule has 0 spiro atoms. The van der Waals surface area contributed by atoms with E-state index < -0.39 is 0 Å². The van der Waals surface area contributed by atoms with Crippen molar-refractivity contribution in [2.45, 2.75) is 26.0 Å². The molecule has 1 fully saturated rings. The zero-order chi connectivity index (χ0) is 12.1. The van der Waals surface area contributed by atoms with Crippen molar-refractivity contribution in [2.75, 3.05) is 32.8 Å². The standard InChI is InChI=1S/C13H22N2OS/c1-3-15-6-7-16-12(10-15)9-14-11(2)13-5-4-8-17-13/h4-5,8,11-12,14H,3,6-7,9-10H2,1-2H3. The van der Waals surface area contributed by atoms with Crippen LogP contribution in [0.4, 0.5) is 0 Å². The van der Waals surface area contributed by atoms with Gasteiger partial charge in [-0.25, -0.2) is 0 Å². The van der Waals surface area contributed by atoms with Crippen LogP contribution in [-0.2, 0) is 4.74 Å². The van der Waals surface area contributed by atoms with Gasteiger partial charge in [0.25, 0.3) is 0 Å². The fourth-order valence-electron chi connectivity index (χ4n) is 2.14. The number of thiophene rings is 1. The van der Waals surface area contributed by atoms with Crippen LogP contribution in [0.1, 0.15) is 24.8 Å². The van der Waals surface area contributed by atoms with E-state index in [9.17, 15) is 0 Å². The molecule has 0 amide bonds. The van der Waals surface area contributed by atoms with Crippen LogP contribution in [-0.4, -0.2) is 43.8 Å². The molecule has 0 saturated carbocycles. The molecule has 2 unspecified atom stereocenters. The van der Waals surface area contributed by atoms with Crippen LogP contribution in [0.2, 0.25) is 0 Å². The molecule has 1 saturated heterocycles. The highest BCUT2D eigenvalue weighted by Crippen LogP contribution is 2.18. The first-order chi connectivity index (χ1) is 8.29. The second-order valence-corrected chi connectivity index (χ2v) is 5.51. The maximum atomic E-state index is 5.78. The van der Waals surface area contributed by atoms with E-state index in [1.54, 1.807) is 0 Å². The van der Waals surface area contributed by atoms with E-state index >= 15 is 0 Å². The van der Waals surface area contributed by atoms with Gasteiger partial charge in [-0.15, -0.1) is 11.3 Å². The number of morpholine rings is 1. The van der Waals surface area contributed by atoms with Gasteiger partial charge in [-0.3, -0.25) is 4.90 Å². The summed E-state index contributed by atoms with van der Waals surface area (Å²) in [6.45, 7) is 9.49. The first kappa shape index (κ1) is 13.0. The number of likely N-dealkylation sites (N-methyl/N-ethyl adjacent to an activating group) is 1.